The standard InChI is InChI=1S/C10H8FN2OS/c11-7-3-1-6(2-4-9(12)14)8(5-7)10(13)15/h1-2,4-5H,(H2,12,14)(H2,13,15). The zero-order chi connectivity index (χ0) is 11.4. The molecule has 0 heterocycles. The van der Waals surface area contributed by atoms with Gasteiger partial charge in [-0.15, -0.1) is 0 Å². The monoisotopic (exact) mass is 223 g/mol. The van der Waals surface area contributed by atoms with Crippen LogP contribution in [-0.4, -0.2) is 10.9 Å². The van der Waals surface area contributed by atoms with Gasteiger partial charge in [-0.25, -0.2) is 4.39 Å². The smallest absolute Gasteiger partial charge is 0.241 e. The maximum atomic E-state index is 12.8. The molecule has 1 aromatic carbocycles. The fraction of sp³-hybridized carbons (Fsp3) is 0. The highest BCUT2D eigenvalue weighted by Gasteiger charge is 2.04. The van der Waals surface area contributed by atoms with Crippen LogP contribution in [-0.2, 0) is 4.79 Å². The first kappa shape index (κ1) is 11.3. The number of carbonyl (C=O) groups is 1. The van der Waals surface area contributed by atoms with Gasteiger partial charge in [-0.3, -0.25) is 4.79 Å². The molecule has 0 aliphatic rings. The summed E-state index contributed by atoms with van der Waals surface area (Å²) in [5, 5.41) is 0. The number of amides is 1. The number of nitrogens with two attached hydrogens (primary N) is 2. The van der Waals surface area contributed by atoms with Crippen LogP contribution in [0.15, 0.2) is 18.2 Å². The van der Waals surface area contributed by atoms with E-state index in [1.165, 1.54) is 12.1 Å². The lowest BCUT2D eigenvalue weighted by Gasteiger charge is -2.03. The molecule has 5 heteroatoms. The van der Waals surface area contributed by atoms with Gasteiger partial charge in [0.15, 0.2) is 0 Å². The summed E-state index contributed by atoms with van der Waals surface area (Å²) >= 11 is 4.74. The summed E-state index contributed by atoms with van der Waals surface area (Å²) in [5.74, 6) is -1.16. The van der Waals surface area contributed by atoms with E-state index in [0.717, 1.165) is 12.1 Å². The van der Waals surface area contributed by atoms with Crippen LogP contribution in [0.2, 0.25) is 0 Å². The van der Waals surface area contributed by atoms with Crippen molar-refractivity contribution in [1.29, 1.82) is 0 Å². The highest BCUT2D eigenvalue weighted by Crippen LogP contribution is 2.12. The average molecular weight is 223 g/mol. The summed E-state index contributed by atoms with van der Waals surface area (Å²) in [4.78, 5) is 10.6. The maximum Gasteiger partial charge on any atom is 0.241 e. The summed E-state index contributed by atoms with van der Waals surface area (Å²) in [6.07, 6.45) is 2.55. The molecule has 1 aromatic rings. The largest absolute Gasteiger partial charge is 0.389 e. The second kappa shape index (κ2) is 4.65. The van der Waals surface area contributed by atoms with E-state index in [9.17, 15) is 9.18 Å². The fourth-order valence-electron chi connectivity index (χ4n) is 0.999. The fourth-order valence-corrected chi connectivity index (χ4v) is 1.18. The molecule has 1 rings (SSSR count). The Hall–Kier alpha value is -1.75. The lowest BCUT2D eigenvalue weighted by molar-refractivity contribution is -0.113. The quantitative estimate of drug-likeness (QED) is 0.587. The van der Waals surface area contributed by atoms with Crippen LogP contribution in [0.4, 0.5) is 4.39 Å². The van der Waals surface area contributed by atoms with E-state index in [1.54, 1.807) is 0 Å². The third-order valence-electron chi connectivity index (χ3n) is 1.64. The minimum atomic E-state index is -0.604. The van der Waals surface area contributed by atoms with Crippen molar-refractivity contribution in [2.75, 3.05) is 0 Å². The summed E-state index contributed by atoms with van der Waals surface area (Å²) in [6.45, 7) is 0. The van der Waals surface area contributed by atoms with E-state index in [2.05, 4.69) is 6.07 Å². The van der Waals surface area contributed by atoms with Gasteiger partial charge in [0, 0.05) is 17.7 Å². The number of hydrogen-bond acceptors (Lipinski definition) is 2. The molecule has 4 N–H and O–H groups in total. The van der Waals surface area contributed by atoms with Gasteiger partial charge in [0.05, 0.1) is 0 Å². The Labute approximate surface area is 91.6 Å². The topological polar surface area (TPSA) is 69.1 Å². The van der Waals surface area contributed by atoms with E-state index < -0.39 is 11.7 Å². The molecule has 0 saturated carbocycles. The predicted octanol–water partition coefficient (Wildman–Crippen LogP) is 0.759. The highest BCUT2D eigenvalue weighted by molar-refractivity contribution is 7.80. The zero-order valence-electron chi connectivity index (χ0n) is 7.66. The average Bonchev–Trinajstić information content (AvgIpc) is 2.15. The van der Waals surface area contributed by atoms with Gasteiger partial charge in [0.2, 0.25) is 5.91 Å². The summed E-state index contributed by atoms with van der Waals surface area (Å²) in [7, 11) is 0. The van der Waals surface area contributed by atoms with Crippen LogP contribution < -0.4 is 11.5 Å². The lowest BCUT2D eigenvalue weighted by Crippen LogP contribution is -2.12. The number of benzene rings is 1. The van der Waals surface area contributed by atoms with Crippen molar-refractivity contribution < 1.29 is 9.18 Å². The van der Waals surface area contributed by atoms with Crippen LogP contribution >= 0.6 is 12.2 Å². The van der Waals surface area contributed by atoms with Crippen molar-refractivity contribution in [3.8, 4) is 0 Å². The third-order valence-corrected chi connectivity index (χ3v) is 1.86. The minimum Gasteiger partial charge on any atom is -0.389 e. The third kappa shape index (κ3) is 3.14. The van der Waals surface area contributed by atoms with E-state index in [0.29, 0.717) is 11.1 Å². The molecule has 0 atom stereocenters. The Kier molecular flexibility index (Phi) is 3.51. The van der Waals surface area contributed by atoms with Crippen LogP contribution in [0.5, 0.6) is 0 Å². The number of thiocarbonyl (C=S) groups is 1. The van der Waals surface area contributed by atoms with Crippen LogP contribution in [0.1, 0.15) is 11.1 Å². The molecule has 15 heavy (non-hydrogen) atoms. The molecule has 0 spiro atoms. The van der Waals surface area contributed by atoms with Crippen molar-refractivity contribution in [2.45, 2.75) is 0 Å². The molecule has 0 aliphatic carbocycles. The molecule has 1 radical (unpaired) electrons. The van der Waals surface area contributed by atoms with Gasteiger partial charge in [0.1, 0.15) is 10.8 Å². The van der Waals surface area contributed by atoms with Crippen molar-refractivity contribution >= 4 is 29.2 Å². The van der Waals surface area contributed by atoms with Gasteiger partial charge in [-0.05, 0) is 23.8 Å². The Morgan fingerprint density at radius 1 is 1.53 bits per heavy atom. The molecule has 0 unspecified atom stereocenters. The van der Waals surface area contributed by atoms with E-state index in [-0.39, 0.29) is 4.99 Å². The Morgan fingerprint density at radius 3 is 2.73 bits per heavy atom. The summed E-state index contributed by atoms with van der Waals surface area (Å²) in [5.41, 5.74) is 11.2. The Bertz CT molecular complexity index is 443. The molecular weight excluding hydrogens is 215 g/mol. The summed E-state index contributed by atoms with van der Waals surface area (Å²) < 4.78 is 12.8. The van der Waals surface area contributed by atoms with Crippen molar-refractivity contribution in [1.82, 2.24) is 0 Å². The van der Waals surface area contributed by atoms with Crippen molar-refractivity contribution in [2.24, 2.45) is 11.5 Å². The predicted molar refractivity (Wildman–Crippen MR) is 59.4 cm³/mol. The molecular formula is C10H8FN2OS. The minimum absolute atomic E-state index is 0.0482. The summed E-state index contributed by atoms with van der Waals surface area (Å²) in [6, 6.07) is 4.84. The number of rotatable bonds is 3. The van der Waals surface area contributed by atoms with Gasteiger partial charge in [-0.1, -0.05) is 12.2 Å². The second-order valence-corrected chi connectivity index (χ2v) is 3.19. The lowest BCUT2D eigenvalue weighted by atomic mass is 10.1. The molecule has 1 amide bonds. The molecule has 0 fully saturated rings. The molecule has 0 aliphatic heterocycles. The molecule has 0 saturated heterocycles. The maximum absolute atomic E-state index is 12.8. The molecule has 3 nitrogen and oxygen atoms in total. The first-order valence-corrected chi connectivity index (χ1v) is 4.40. The normalized spacial score (nSPS) is 10.5. The second-order valence-electron chi connectivity index (χ2n) is 2.75. The van der Waals surface area contributed by atoms with E-state index >= 15 is 0 Å². The SMILES string of the molecule is NC(=O)C=Cc1c[c]c(F)cc1C(N)=S. The zero-order valence-corrected chi connectivity index (χ0v) is 8.48. The first-order chi connectivity index (χ1) is 7.00. The van der Waals surface area contributed by atoms with Gasteiger partial charge in [0.25, 0.3) is 0 Å². The van der Waals surface area contributed by atoms with Crippen LogP contribution in [0.25, 0.3) is 6.08 Å². The van der Waals surface area contributed by atoms with Crippen molar-refractivity contribution in [3.63, 3.8) is 0 Å². The van der Waals surface area contributed by atoms with Crippen LogP contribution in [0, 0.1) is 11.9 Å². The Balaban J connectivity index is 3.17. The number of hydrogen-bond donors (Lipinski definition) is 2. The van der Waals surface area contributed by atoms with Crippen LogP contribution in [0.3, 0.4) is 0 Å². The molecule has 0 bridgehead atoms. The highest BCUT2D eigenvalue weighted by atomic mass is 32.1. The van der Waals surface area contributed by atoms with E-state index in [4.69, 9.17) is 23.7 Å². The molecule has 77 valence electrons. The number of primary amides is 1. The molecule has 0 aromatic heterocycles. The Morgan fingerprint density at radius 2 is 2.20 bits per heavy atom. The van der Waals surface area contributed by atoms with Gasteiger partial charge < -0.3 is 11.5 Å². The van der Waals surface area contributed by atoms with Gasteiger partial charge >= 0.3 is 0 Å². The van der Waals surface area contributed by atoms with E-state index in [1.807, 2.05) is 0 Å². The first-order valence-electron chi connectivity index (χ1n) is 3.99. The van der Waals surface area contributed by atoms with Crippen molar-refractivity contribution in [3.05, 3.63) is 41.2 Å². The number of carbonyl (C=O) groups excluding carboxylic acids is 1. The number of halogens is 1. The van der Waals surface area contributed by atoms with Gasteiger partial charge in [-0.2, -0.15) is 0 Å².